The summed E-state index contributed by atoms with van der Waals surface area (Å²) in [4.78, 5) is 21.9. The van der Waals surface area contributed by atoms with Crippen LogP contribution in [0.4, 0.5) is 0 Å². The molecule has 0 aromatic carbocycles. The predicted octanol–water partition coefficient (Wildman–Crippen LogP) is -0.770. The van der Waals surface area contributed by atoms with Gasteiger partial charge in [0.25, 0.3) is 0 Å². The zero-order valence-corrected chi connectivity index (χ0v) is 11.7. The highest BCUT2D eigenvalue weighted by Crippen LogP contribution is 2.26. The monoisotopic (exact) mass is 292 g/mol. The fraction of sp³-hybridized carbons (Fsp3) is 0.833. The molecule has 1 fully saturated rings. The third kappa shape index (κ3) is 5.04. The molecular formula is C12H20O8. The Kier molecular flexibility index (Phi) is 6.86. The van der Waals surface area contributed by atoms with E-state index in [1.807, 2.05) is 0 Å². The minimum Gasteiger partial charge on any atom is -0.463 e. The van der Waals surface area contributed by atoms with E-state index in [4.69, 9.17) is 23.7 Å². The molecule has 8 nitrogen and oxygen atoms in total. The van der Waals surface area contributed by atoms with Crippen molar-refractivity contribution in [3.63, 3.8) is 0 Å². The molecule has 0 aliphatic carbocycles. The molecule has 1 rings (SSSR count). The topological polar surface area (TPSA) is 101 Å². The van der Waals surface area contributed by atoms with Crippen molar-refractivity contribution in [2.45, 2.75) is 38.4 Å². The quantitative estimate of drug-likeness (QED) is 0.482. The molecule has 1 aliphatic heterocycles. The van der Waals surface area contributed by atoms with Crippen molar-refractivity contribution in [3.8, 4) is 0 Å². The molecule has 116 valence electrons. The van der Waals surface area contributed by atoms with Crippen molar-refractivity contribution in [1.29, 1.82) is 0 Å². The number of ether oxygens (including phenoxy) is 5. The SMILES string of the molecule is COCCO[C@H]1[C@@H](COC(C)=O)OC(O)[C@@H]1OC(C)=O. The second kappa shape index (κ2) is 8.15. The molecule has 1 N–H and O–H groups in total. The van der Waals surface area contributed by atoms with E-state index in [0.717, 1.165) is 0 Å². The second-order valence-electron chi connectivity index (χ2n) is 4.27. The van der Waals surface area contributed by atoms with Gasteiger partial charge in [0, 0.05) is 21.0 Å². The molecule has 1 saturated heterocycles. The molecular weight excluding hydrogens is 272 g/mol. The van der Waals surface area contributed by atoms with Crippen molar-refractivity contribution in [2.24, 2.45) is 0 Å². The zero-order valence-electron chi connectivity index (χ0n) is 11.7. The first-order chi connectivity index (χ1) is 9.45. The number of hydrogen-bond donors (Lipinski definition) is 1. The van der Waals surface area contributed by atoms with Gasteiger partial charge in [-0.25, -0.2) is 0 Å². The van der Waals surface area contributed by atoms with Gasteiger partial charge in [-0.3, -0.25) is 9.59 Å². The molecule has 8 heteroatoms. The molecule has 1 aliphatic rings. The van der Waals surface area contributed by atoms with Gasteiger partial charge in [-0.2, -0.15) is 0 Å². The highest BCUT2D eigenvalue weighted by atomic mass is 16.7. The fourth-order valence-electron chi connectivity index (χ4n) is 1.83. The van der Waals surface area contributed by atoms with E-state index >= 15 is 0 Å². The normalized spacial score (nSPS) is 29.2. The molecule has 0 saturated carbocycles. The van der Waals surface area contributed by atoms with Gasteiger partial charge in [-0.1, -0.05) is 0 Å². The van der Waals surface area contributed by atoms with Gasteiger partial charge in [0.15, 0.2) is 12.4 Å². The number of carbonyl (C=O) groups is 2. The van der Waals surface area contributed by atoms with Gasteiger partial charge in [0.2, 0.25) is 0 Å². The Bertz CT molecular complexity index is 331. The van der Waals surface area contributed by atoms with Gasteiger partial charge < -0.3 is 28.8 Å². The highest BCUT2D eigenvalue weighted by molar-refractivity contribution is 5.66. The van der Waals surface area contributed by atoms with Crippen molar-refractivity contribution in [1.82, 2.24) is 0 Å². The Morgan fingerprint density at radius 1 is 1.15 bits per heavy atom. The number of aliphatic hydroxyl groups excluding tert-OH is 1. The van der Waals surface area contributed by atoms with Crippen molar-refractivity contribution < 1.29 is 38.4 Å². The smallest absolute Gasteiger partial charge is 0.303 e. The van der Waals surface area contributed by atoms with Crippen LogP contribution in [0.25, 0.3) is 0 Å². The summed E-state index contributed by atoms with van der Waals surface area (Å²) in [5, 5.41) is 9.75. The number of aliphatic hydroxyl groups is 1. The Balaban J connectivity index is 2.65. The third-order valence-corrected chi connectivity index (χ3v) is 2.64. The molecule has 0 spiro atoms. The van der Waals surface area contributed by atoms with Crippen LogP contribution in [-0.2, 0) is 33.3 Å². The van der Waals surface area contributed by atoms with Gasteiger partial charge in [0.1, 0.15) is 18.8 Å². The summed E-state index contributed by atoms with van der Waals surface area (Å²) in [6.45, 7) is 2.95. The highest BCUT2D eigenvalue weighted by Gasteiger charge is 2.47. The third-order valence-electron chi connectivity index (χ3n) is 2.64. The van der Waals surface area contributed by atoms with Gasteiger partial charge in [-0.05, 0) is 0 Å². The Labute approximate surface area is 116 Å². The number of esters is 2. The maximum atomic E-state index is 11.0. The van der Waals surface area contributed by atoms with Gasteiger partial charge >= 0.3 is 11.9 Å². The summed E-state index contributed by atoms with van der Waals surface area (Å²) < 4.78 is 25.4. The molecule has 1 heterocycles. The summed E-state index contributed by atoms with van der Waals surface area (Å²) >= 11 is 0. The van der Waals surface area contributed by atoms with E-state index in [2.05, 4.69) is 0 Å². The minimum atomic E-state index is -1.33. The number of rotatable bonds is 7. The molecule has 0 radical (unpaired) electrons. The van der Waals surface area contributed by atoms with E-state index in [-0.39, 0.29) is 13.2 Å². The Hall–Kier alpha value is -1.22. The summed E-state index contributed by atoms with van der Waals surface area (Å²) in [7, 11) is 1.52. The average Bonchev–Trinajstić information content (AvgIpc) is 2.64. The lowest BCUT2D eigenvalue weighted by atomic mass is 10.1. The standard InChI is InChI=1S/C12H20O8/c1-7(13)18-6-9-10(17-5-4-16-3)11(12(15)20-9)19-8(2)14/h9-12,15H,4-6H2,1-3H3/t9-,10+,11-,12?/m1/s1. The van der Waals surface area contributed by atoms with Gasteiger partial charge in [-0.15, -0.1) is 0 Å². The van der Waals surface area contributed by atoms with E-state index in [0.29, 0.717) is 6.61 Å². The summed E-state index contributed by atoms with van der Waals surface area (Å²) in [6, 6.07) is 0. The molecule has 0 aromatic rings. The largest absolute Gasteiger partial charge is 0.463 e. The predicted molar refractivity (Wildman–Crippen MR) is 64.7 cm³/mol. The van der Waals surface area contributed by atoms with E-state index in [1.165, 1.54) is 21.0 Å². The van der Waals surface area contributed by atoms with Crippen LogP contribution in [0, 0.1) is 0 Å². The lowest BCUT2D eigenvalue weighted by Crippen LogP contribution is -2.40. The van der Waals surface area contributed by atoms with Crippen LogP contribution in [-0.4, -0.2) is 68.6 Å². The molecule has 1 unspecified atom stereocenters. The lowest BCUT2D eigenvalue weighted by Gasteiger charge is -2.22. The average molecular weight is 292 g/mol. The Morgan fingerprint density at radius 3 is 2.40 bits per heavy atom. The van der Waals surface area contributed by atoms with Gasteiger partial charge in [0.05, 0.1) is 13.2 Å². The number of hydrogen-bond acceptors (Lipinski definition) is 8. The first-order valence-electron chi connectivity index (χ1n) is 6.20. The molecule has 0 amide bonds. The maximum absolute atomic E-state index is 11.0. The van der Waals surface area contributed by atoms with E-state index in [9.17, 15) is 14.7 Å². The molecule has 0 aromatic heterocycles. The van der Waals surface area contributed by atoms with Crippen LogP contribution in [0.3, 0.4) is 0 Å². The number of carbonyl (C=O) groups excluding carboxylic acids is 2. The maximum Gasteiger partial charge on any atom is 0.303 e. The summed E-state index contributed by atoms with van der Waals surface area (Å²) in [6.07, 6.45) is -3.74. The van der Waals surface area contributed by atoms with Crippen LogP contribution in [0.5, 0.6) is 0 Å². The van der Waals surface area contributed by atoms with Crippen LogP contribution >= 0.6 is 0 Å². The van der Waals surface area contributed by atoms with Crippen molar-refractivity contribution >= 4 is 11.9 Å². The first-order valence-corrected chi connectivity index (χ1v) is 6.20. The van der Waals surface area contributed by atoms with Crippen LogP contribution in [0.2, 0.25) is 0 Å². The first kappa shape index (κ1) is 16.8. The zero-order chi connectivity index (χ0) is 15.1. The van der Waals surface area contributed by atoms with Crippen molar-refractivity contribution in [3.05, 3.63) is 0 Å². The van der Waals surface area contributed by atoms with Crippen LogP contribution in [0.15, 0.2) is 0 Å². The van der Waals surface area contributed by atoms with Crippen LogP contribution in [0.1, 0.15) is 13.8 Å². The van der Waals surface area contributed by atoms with Crippen LogP contribution < -0.4 is 0 Å². The Morgan fingerprint density at radius 2 is 1.85 bits per heavy atom. The van der Waals surface area contributed by atoms with E-state index < -0.39 is 36.5 Å². The van der Waals surface area contributed by atoms with E-state index in [1.54, 1.807) is 0 Å². The molecule has 4 atom stereocenters. The second-order valence-corrected chi connectivity index (χ2v) is 4.27. The molecule has 0 bridgehead atoms. The minimum absolute atomic E-state index is 0.0954. The molecule has 20 heavy (non-hydrogen) atoms. The van der Waals surface area contributed by atoms with Crippen molar-refractivity contribution in [2.75, 3.05) is 26.9 Å². The lowest BCUT2D eigenvalue weighted by molar-refractivity contribution is -0.172. The number of methoxy groups -OCH3 is 1. The summed E-state index contributed by atoms with van der Waals surface area (Å²) in [5.41, 5.74) is 0. The summed E-state index contributed by atoms with van der Waals surface area (Å²) in [5.74, 6) is -1.04. The fourth-order valence-corrected chi connectivity index (χ4v) is 1.83.